The summed E-state index contributed by atoms with van der Waals surface area (Å²) < 4.78 is 13.1. The number of benzene rings is 1. The second-order valence-corrected chi connectivity index (χ2v) is 4.33. The minimum atomic E-state index is -0.419. The first-order valence-electron chi connectivity index (χ1n) is 4.99. The third kappa shape index (κ3) is 2.63. The Labute approximate surface area is 113 Å². The third-order valence-electron chi connectivity index (χ3n) is 2.29. The van der Waals surface area contributed by atoms with Crippen molar-refractivity contribution in [3.8, 4) is 0 Å². The summed E-state index contributed by atoms with van der Waals surface area (Å²) in [6.45, 7) is 1.70. The number of nitrogens with one attached hydrogen (secondary N) is 1. The molecule has 1 aromatic heterocycles. The summed E-state index contributed by atoms with van der Waals surface area (Å²) in [7, 11) is 0. The van der Waals surface area contributed by atoms with E-state index >= 15 is 0 Å². The first-order valence-corrected chi connectivity index (χ1v) is 5.74. The van der Waals surface area contributed by atoms with Crippen LogP contribution in [0.1, 0.15) is 5.69 Å². The molecule has 1 heterocycles. The Morgan fingerprint density at radius 3 is 2.72 bits per heavy atom. The SMILES string of the molecule is Cc1nc(Cl)nc(Nc2cc(F)ccc2Cl)c1N. The zero-order chi connectivity index (χ0) is 13.3. The van der Waals surface area contributed by atoms with Crippen LogP contribution in [0.5, 0.6) is 0 Å². The van der Waals surface area contributed by atoms with Gasteiger partial charge in [0.25, 0.3) is 0 Å². The summed E-state index contributed by atoms with van der Waals surface area (Å²) in [5, 5.41) is 3.23. The normalized spacial score (nSPS) is 10.4. The van der Waals surface area contributed by atoms with Crippen LogP contribution in [-0.2, 0) is 0 Å². The van der Waals surface area contributed by atoms with Gasteiger partial charge in [-0.1, -0.05) is 11.6 Å². The molecule has 0 amide bonds. The third-order valence-corrected chi connectivity index (χ3v) is 2.79. The molecule has 2 aromatic rings. The molecule has 0 aliphatic carbocycles. The van der Waals surface area contributed by atoms with Crippen LogP contribution in [0.4, 0.5) is 21.6 Å². The Bertz CT molecular complexity index is 604. The molecule has 0 radical (unpaired) electrons. The Morgan fingerprint density at radius 2 is 2.00 bits per heavy atom. The molecule has 0 atom stereocenters. The lowest BCUT2D eigenvalue weighted by molar-refractivity contribution is 0.628. The first-order chi connectivity index (χ1) is 8.47. The molecule has 0 aliphatic heterocycles. The van der Waals surface area contributed by atoms with Gasteiger partial charge in [-0.3, -0.25) is 0 Å². The summed E-state index contributed by atoms with van der Waals surface area (Å²) in [4.78, 5) is 7.83. The molecule has 0 saturated heterocycles. The minimum absolute atomic E-state index is 0.0525. The van der Waals surface area contributed by atoms with E-state index in [0.717, 1.165) is 0 Å². The van der Waals surface area contributed by atoms with Gasteiger partial charge in [0.05, 0.1) is 22.1 Å². The molecule has 0 saturated carbocycles. The Balaban J connectivity index is 2.43. The van der Waals surface area contributed by atoms with Crippen molar-refractivity contribution in [2.75, 3.05) is 11.1 Å². The molecule has 2 rings (SSSR count). The molecule has 0 bridgehead atoms. The molecular weight excluding hydrogens is 278 g/mol. The maximum Gasteiger partial charge on any atom is 0.224 e. The van der Waals surface area contributed by atoms with Crippen molar-refractivity contribution in [2.24, 2.45) is 0 Å². The van der Waals surface area contributed by atoms with E-state index in [9.17, 15) is 4.39 Å². The largest absolute Gasteiger partial charge is 0.394 e. The summed E-state index contributed by atoms with van der Waals surface area (Å²) >= 11 is 11.7. The van der Waals surface area contributed by atoms with E-state index in [1.807, 2.05) is 0 Å². The molecule has 0 aliphatic rings. The lowest BCUT2D eigenvalue weighted by Gasteiger charge is -2.11. The molecule has 3 N–H and O–H groups in total. The Hall–Kier alpha value is -1.59. The zero-order valence-electron chi connectivity index (χ0n) is 9.34. The lowest BCUT2D eigenvalue weighted by atomic mass is 10.3. The highest BCUT2D eigenvalue weighted by Crippen LogP contribution is 2.29. The van der Waals surface area contributed by atoms with Crippen molar-refractivity contribution in [3.05, 3.63) is 40.0 Å². The standard InChI is InChI=1S/C11H9Cl2FN4/c1-5-9(15)10(18-11(13)16-5)17-8-4-6(14)2-3-7(8)12/h2-4H,15H2,1H3,(H,16,17,18). The number of hydrogen-bond acceptors (Lipinski definition) is 4. The number of nitrogen functional groups attached to an aromatic ring is 1. The fourth-order valence-corrected chi connectivity index (χ4v) is 1.74. The van der Waals surface area contributed by atoms with Crippen LogP contribution in [-0.4, -0.2) is 9.97 Å². The van der Waals surface area contributed by atoms with Gasteiger partial charge in [0, 0.05) is 0 Å². The zero-order valence-corrected chi connectivity index (χ0v) is 10.8. The highest BCUT2D eigenvalue weighted by atomic mass is 35.5. The molecule has 0 spiro atoms. The van der Waals surface area contributed by atoms with E-state index in [1.54, 1.807) is 6.92 Å². The quantitative estimate of drug-likeness (QED) is 0.829. The summed E-state index contributed by atoms with van der Waals surface area (Å²) in [5.41, 5.74) is 7.03. The molecule has 0 unspecified atom stereocenters. The number of rotatable bonds is 2. The van der Waals surface area contributed by atoms with Crippen molar-refractivity contribution in [2.45, 2.75) is 6.92 Å². The minimum Gasteiger partial charge on any atom is -0.394 e. The van der Waals surface area contributed by atoms with Crippen LogP contribution in [0, 0.1) is 12.7 Å². The monoisotopic (exact) mass is 286 g/mol. The van der Waals surface area contributed by atoms with E-state index < -0.39 is 5.82 Å². The molecule has 7 heteroatoms. The predicted octanol–water partition coefficient (Wildman–Crippen LogP) is 3.56. The number of hydrogen-bond donors (Lipinski definition) is 2. The van der Waals surface area contributed by atoms with Gasteiger partial charge >= 0.3 is 0 Å². The molecular formula is C11H9Cl2FN4. The molecule has 18 heavy (non-hydrogen) atoms. The van der Waals surface area contributed by atoms with Crippen molar-refractivity contribution >= 4 is 40.4 Å². The van der Waals surface area contributed by atoms with Crippen molar-refractivity contribution < 1.29 is 4.39 Å². The second-order valence-electron chi connectivity index (χ2n) is 3.59. The van der Waals surface area contributed by atoms with Crippen molar-refractivity contribution in [1.82, 2.24) is 9.97 Å². The van der Waals surface area contributed by atoms with E-state index in [0.29, 0.717) is 27.9 Å². The van der Waals surface area contributed by atoms with Gasteiger partial charge in [0.2, 0.25) is 5.28 Å². The van der Waals surface area contributed by atoms with Crippen LogP contribution in [0.25, 0.3) is 0 Å². The van der Waals surface area contributed by atoms with Gasteiger partial charge in [-0.05, 0) is 36.7 Å². The fourth-order valence-electron chi connectivity index (χ4n) is 1.36. The summed E-state index contributed by atoms with van der Waals surface area (Å²) in [6.07, 6.45) is 0. The van der Waals surface area contributed by atoms with Crippen LogP contribution in [0.15, 0.2) is 18.2 Å². The van der Waals surface area contributed by atoms with Gasteiger partial charge in [0.15, 0.2) is 5.82 Å². The highest BCUT2D eigenvalue weighted by Gasteiger charge is 2.10. The molecule has 0 fully saturated rings. The average molecular weight is 287 g/mol. The topological polar surface area (TPSA) is 63.8 Å². The summed E-state index contributed by atoms with van der Waals surface area (Å²) in [6, 6.07) is 3.94. The number of nitrogens with zero attached hydrogens (tertiary/aromatic N) is 2. The molecule has 94 valence electrons. The fraction of sp³-hybridized carbons (Fsp3) is 0.0909. The highest BCUT2D eigenvalue weighted by molar-refractivity contribution is 6.33. The van der Waals surface area contributed by atoms with Gasteiger partial charge in [0.1, 0.15) is 5.82 Å². The van der Waals surface area contributed by atoms with Crippen LogP contribution >= 0.6 is 23.2 Å². The number of anilines is 3. The smallest absolute Gasteiger partial charge is 0.224 e. The Morgan fingerprint density at radius 1 is 1.28 bits per heavy atom. The van der Waals surface area contributed by atoms with Crippen molar-refractivity contribution in [1.29, 1.82) is 0 Å². The number of aryl methyl sites for hydroxylation is 1. The van der Waals surface area contributed by atoms with Crippen molar-refractivity contribution in [3.63, 3.8) is 0 Å². The van der Waals surface area contributed by atoms with Crippen LogP contribution < -0.4 is 11.1 Å². The number of aromatic nitrogens is 2. The average Bonchev–Trinajstić information content (AvgIpc) is 2.30. The van der Waals surface area contributed by atoms with E-state index in [4.69, 9.17) is 28.9 Å². The predicted molar refractivity (Wildman–Crippen MR) is 70.9 cm³/mol. The summed E-state index contributed by atoms with van der Waals surface area (Å²) in [5.74, 6) is -0.127. The lowest BCUT2D eigenvalue weighted by Crippen LogP contribution is -2.04. The van der Waals surface area contributed by atoms with Gasteiger partial charge in [-0.2, -0.15) is 4.98 Å². The first kappa shape index (κ1) is 12.9. The van der Waals surface area contributed by atoms with Gasteiger partial charge in [-0.25, -0.2) is 9.37 Å². The second kappa shape index (κ2) is 4.96. The van der Waals surface area contributed by atoms with Crippen LogP contribution in [0.2, 0.25) is 10.3 Å². The van der Waals surface area contributed by atoms with Crippen LogP contribution in [0.3, 0.4) is 0 Å². The number of halogens is 3. The van der Waals surface area contributed by atoms with E-state index in [-0.39, 0.29) is 5.28 Å². The molecule has 4 nitrogen and oxygen atoms in total. The van der Waals surface area contributed by atoms with E-state index in [1.165, 1.54) is 18.2 Å². The maximum absolute atomic E-state index is 13.1. The van der Waals surface area contributed by atoms with E-state index in [2.05, 4.69) is 15.3 Å². The number of nitrogens with two attached hydrogens (primary N) is 1. The maximum atomic E-state index is 13.1. The van der Waals surface area contributed by atoms with Gasteiger partial charge < -0.3 is 11.1 Å². The Kier molecular flexibility index (Phi) is 3.54. The van der Waals surface area contributed by atoms with Gasteiger partial charge in [-0.15, -0.1) is 0 Å². The molecule has 1 aromatic carbocycles.